The first kappa shape index (κ1) is 17.1. The van der Waals surface area contributed by atoms with E-state index < -0.39 is 0 Å². The van der Waals surface area contributed by atoms with E-state index in [2.05, 4.69) is 5.16 Å². The summed E-state index contributed by atoms with van der Waals surface area (Å²) in [5, 5.41) is 11.8. The molecule has 1 aromatic rings. The van der Waals surface area contributed by atoms with Crippen LogP contribution in [0.4, 0.5) is 0 Å². The first-order chi connectivity index (χ1) is 9.90. The van der Waals surface area contributed by atoms with Gasteiger partial charge in [0.1, 0.15) is 5.84 Å². The van der Waals surface area contributed by atoms with Crippen LogP contribution in [0.1, 0.15) is 38.7 Å². The van der Waals surface area contributed by atoms with Crippen LogP contribution in [0.15, 0.2) is 23.4 Å². The molecule has 0 spiro atoms. The maximum Gasteiger partial charge on any atom is 0.161 e. The fraction of sp³-hybridized carbons (Fsp3) is 0.562. The van der Waals surface area contributed by atoms with Crippen LogP contribution in [0.2, 0.25) is 0 Å². The van der Waals surface area contributed by atoms with Crippen molar-refractivity contribution in [3.63, 3.8) is 0 Å². The van der Waals surface area contributed by atoms with Crippen molar-refractivity contribution in [3.05, 3.63) is 23.8 Å². The monoisotopic (exact) mass is 294 g/mol. The summed E-state index contributed by atoms with van der Waals surface area (Å²) in [4.78, 5) is 0. The van der Waals surface area contributed by atoms with Crippen molar-refractivity contribution >= 4 is 5.84 Å². The number of nitrogens with zero attached hydrogens (tertiary/aromatic N) is 1. The number of unbranched alkanes of at least 4 members (excludes halogenated alkanes) is 1. The summed E-state index contributed by atoms with van der Waals surface area (Å²) in [7, 11) is 1.64. The van der Waals surface area contributed by atoms with Crippen LogP contribution < -0.4 is 15.2 Å². The fourth-order valence-electron chi connectivity index (χ4n) is 2.01. The van der Waals surface area contributed by atoms with Crippen LogP contribution in [0.3, 0.4) is 0 Å². The van der Waals surface area contributed by atoms with Crippen molar-refractivity contribution < 1.29 is 14.7 Å². The van der Waals surface area contributed by atoms with Gasteiger partial charge < -0.3 is 20.4 Å². The zero-order chi connectivity index (χ0) is 15.9. The predicted molar refractivity (Wildman–Crippen MR) is 84.3 cm³/mol. The molecule has 0 aliphatic rings. The number of hydrogen-bond donors (Lipinski definition) is 2. The average molecular weight is 294 g/mol. The zero-order valence-corrected chi connectivity index (χ0v) is 13.3. The molecule has 0 aliphatic heterocycles. The highest BCUT2D eigenvalue weighted by atomic mass is 16.5. The molecule has 0 heterocycles. The molecule has 1 aromatic carbocycles. The molecule has 0 bridgehead atoms. The van der Waals surface area contributed by atoms with Crippen LogP contribution in [-0.2, 0) is 0 Å². The molecule has 0 radical (unpaired) electrons. The zero-order valence-electron chi connectivity index (χ0n) is 13.3. The number of methoxy groups -OCH3 is 1. The third-order valence-electron chi connectivity index (χ3n) is 3.57. The highest BCUT2D eigenvalue weighted by Gasteiger charge is 2.22. The standard InChI is InChI=1S/C16H26N2O3/c1-12-7-8-13(14(11-12)20-4)21-10-6-5-9-16(2,3)15(17)18-19/h7-8,11,19H,5-6,9-10H2,1-4H3,(H2,17,18). The van der Waals surface area contributed by atoms with Crippen molar-refractivity contribution in [2.24, 2.45) is 16.3 Å². The quantitative estimate of drug-likeness (QED) is 0.253. The summed E-state index contributed by atoms with van der Waals surface area (Å²) < 4.78 is 11.0. The normalized spacial score (nSPS) is 12.3. The predicted octanol–water partition coefficient (Wildman–Crippen LogP) is 3.33. The van der Waals surface area contributed by atoms with Crippen molar-refractivity contribution in [3.8, 4) is 11.5 Å². The highest BCUT2D eigenvalue weighted by molar-refractivity contribution is 5.85. The molecule has 0 aromatic heterocycles. The summed E-state index contributed by atoms with van der Waals surface area (Å²) in [6.45, 7) is 6.56. The SMILES string of the molecule is COc1cc(C)ccc1OCCCCC(C)(C)/C(N)=N/O. The molecule has 1 rings (SSSR count). The van der Waals surface area contributed by atoms with E-state index in [4.69, 9.17) is 20.4 Å². The minimum atomic E-state index is -0.295. The smallest absolute Gasteiger partial charge is 0.161 e. The van der Waals surface area contributed by atoms with Crippen LogP contribution >= 0.6 is 0 Å². The van der Waals surface area contributed by atoms with E-state index in [9.17, 15) is 0 Å². The molecule has 0 unspecified atom stereocenters. The lowest BCUT2D eigenvalue weighted by Gasteiger charge is -2.22. The number of rotatable bonds is 8. The van der Waals surface area contributed by atoms with Gasteiger partial charge in [0, 0.05) is 5.41 Å². The van der Waals surface area contributed by atoms with Gasteiger partial charge in [0.2, 0.25) is 0 Å². The number of oxime groups is 1. The first-order valence-electron chi connectivity index (χ1n) is 7.16. The van der Waals surface area contributed by atoms with Gasteiger partial charge in [0.05, 0.1) is 13.7 Å². The topological polar surface area (TPSA) is 77.1 Å². The molecule has 0 saturated heterocycles. The lowest BCUT2D eigenvalue weighted by molar-refractivity contribution is 0.276. The molecule has 0 atom stereocenters. The number of aryl methyl sites for hydroxylation is 1. The van der Waals surface area contributed by atoms with Crippen LogP contribution in [0, 0.1) is 12.3 Å². The van der Waals surface area contributed by atoms with E-state index in [1.54, 1.807) is 7.11 Å². The van der Waals surface area contributed by atoms with Gasteiger partial charge in [-0.2, -0.15) is 0 Å². The molecule has 0 fully saturated rings. The van der Waals surface area contributed by atoms with E-state index in [1.165, 1.54) is 0 Å². The summed E-state index contributed by atoms with van der Waals surface area (Å²) >= 11 is 0. The highest BCUT2D eigenvalue weighted by Crippen LogP contribution is 2.28. The molecule has 3 N–H and O–H groups in total. The maximum atomic E-state index is 8.73. The molecular formula is C16H26N2O3. The van der Waals surface area contributed by atoms with Gasteiger partial charge in [0.25, 0.3) is 0 Å². The van der Waals surface area contributed by atoms with Crippen molar-refractivity contribution in [1.29, 1.82) is 0 Å². The number of nitrogens with two attached hydrogens (primary N) is 1. The second-order valence-corrected chi connectivity index (χ2v) is 5.83. The van der Waals surface area contributed by atoms with Gasteiger partial charge >= 0.3 is 0 Å². The Hall–Kier alpha value is -1.91. The van der Waals surface area contributed by atoms with Gasteiger partial charge in [-0.3, -0.25) is 0 Å². The molecule has 0 saturated carbocycles. The lowest BCUT2D eigenvalue weighted by atomic mass is 9.86. The minimum absolute atomic E-state index is 0.267. The fourth-order valence-corrected chi connectivity index (χ4v) is 2.01. The largest absolute Gasteiger partial charge is 0.493 e. The first-order valence-corrected chi connectivity index (χ1v) is 7.16. The number of hydrogen-bond acceptors (Lipinski definition) is 4. The molecule has 5 nitrogen and oxygen atoms in total. The van der Waals surface area contributed by atoms with E-state index in [-0.39, 0.29) is 11.3 Å². The third kappa shape index (κ3) is 5.17. The third-order valence-corrected chi connectivity index (χ3v) is 3.57. The summed E-state index contributed by atoms with van der Waals surface area (Å²) in [6, 6.07) is 5.88. The van der Waals surface area contributed by atoms with Gasteiger partial charge in [-0.05, 0) is 43.9 Å². The molecular weight excluding hydrogens is 268 g/mol. The Bertz CT molecular complexity index is 484. The Morgan fingerprint density at radius 2 is 2.00 bits per heavy atom. The van der Waals surface area contributed by atoms with Crippen molar-refractivity contribution in [1.82, 2.24) is 0 Å². The maximum absolute atomic E-state index is 8.73. The Morgan fingerprint density at radius 3 is 2.62 bits per heavy atom. The second-order valence-electron chi connectivity index (χ2n) is 5.83. The molecule has 118 valence electrons. The number of benzene rings is 1. The second kappa shape index (κ2) is 7.76. The van der Waals surface area contributed by atoms with Gasteiger partial charge in [-0.1, -0.05) is 25.1 Å². The van der Waals surface area contributed by atoms with Gasteiger partial charge in [0.15, 0.2) is 11.5 Å². The molecule has 5 heteroatoms. The van der Waals surface area contributed by atoms with E-state index >= 15 is 0 Å². The Labute approximate surface area is 126 Å². The average Bonchev–Trinajstić information content (AvgIpc) is 2.46. The lowest BCUT2D eigenvalue weighted by Crippen LogP contribution is -2.31. The number of ether oxygens (including phenoxy) is 2. The van der Waals surface area contributed by atoms with E-state index in [1.807, 2.05) is 39.0 Å². The summed E-state index contributed by atoms with van der Waals surface area (Å²) in [6.07, 6.45) is 2.69. The van der Waals surface area contributed by atoms with Crippen LogP contribution in [0.25, 0.3) is 0 Å². The Kier molecular flexibility index (Phi) is 6.34. The van der Waals surface area contributed by atoms with E-state index in [0.29, 0.717) is 6.61 Å². The molecule has 21 heavy (non-hydrogen) atoms. The van der Waals surface area contributed by atoms with E-state index in [0.717, 1.165) is 36.3 Å². The summed E-state index contributed by atoms with van der Waals surface area (Å²) in [5.74, 6) is 1.79. The minimum Gasteiger partial charge on any atom is -0.493 e. The van der Waals surface area contributed by atoms with Crippen LogP contribution in [0.5, 0.6) is 11.5 Å². The van der Waals surface area contributed by atoms with Crippen molar-refractivity contribution in [2.45, 2.75) is 40.0 Å². The van der Waals surface area contributed by atoms with Gasteiger partial charge in [-0.15, -0.1) is 0 Å². The van der Waals surface area contributed by atoms with Gasteiger partial charge in [-0.25, -0.2) is 0 Å². The molecule has 0 amide bonds. The van der Waals surface area contributed by atoms with Crippen LogP contribution in [-0.4, -0.2) is 24.8 Å². The Balaban J connectivity index is 2.38. The molecule has 0 aliphatic carbocycles. The van der Waals surface area contributed by atoms with Crippen molar-refractivity contribution in [2.75, 3.05) is 13.7 Å². The number of amidine groups is 1. The Morgan fingerprint density at radius 1 is 1.29 bits per heavy atom. The summed E-state index contributed by atoms with van der Waals surface area (Å²) in [5.41, 5.74) is 6.50.